The highest BCUT2D eigenvalue weighted by atomic mass is 79.9. The maximum Gasteiger partial charge on any atom is 0.252 e. The van der Waals surface area contributed by atoms with Gasteiger partial charge in [-0.3, -0.25) is 4.79 Å². The fraction of sp³-hybridized carbons (Fsp3) is 0.235. The van der Waals surface area contributed by atoms with E-state index in [9.17, 15) is 4.79 Å². The number of hydrogen-bond acceptors (Lipinski definition) is 2. The Morgan fingerprint density at radius 1 is 1.19 bits per heavy atom. The second-order valence-electron chi connectivity index (χ2n) is 4.90. The maximum atomic E-state index is 12.4. The summed E-state index contributed by atoms with van der Waals surface area (Å²) in [4.78, 5) is 13.6. The summed E-state index contributed by atoms with van der Waals surface area (Å²) in [7, 11) is 0. The van der Waals surface area contributed by atoms with Crippen molar-refractivity contribution in [3.05, 3.63) is 63.6 Å². The van der Waals surface area contributed by atoms with Crippen LogP contribution in [-0.2, 0) is 0 Å². The molecule has 0 heterocycles. The molecule has 0 aliphatic rings. The molecule has 21 heavy (non-hydrogen) atoms. The number of halogens is 1. The number of nitrogens with one attached hydrogen (secondary N) is 1. The number of benzene rings is 2. The average Bonchev–Trinajstić information content (AvgIpc) is 2.50. The lowest BCUT2D eigenvalue weighted by Gasteiger charge is -2.16. The normalized spacial score (nSPS) is 12.0. The van der Waals surface area contributed by atoms with Crippen molar-refractivity contribution in [3.63, 3.8) is 0 Å². The summed E-state index contributed by atoms with van der Waals surface area (Å²) in [5.41, 5.74) is 2.83. The molecule has 1 atom stereocenters. The number of carbonyl (C=O) groups is 1. The van der Waals surface area contributed by atoms with Crippen molar-refractivity contribution in [2.75, 3.05) is 6.26 Å². The molecule has 4 heteroatoms. The highest BCUT2D eigenvalue weighted by molar-refractivity contribution is 9.10. The Kier molecular flexibility index (Phi) is 5.48. The van der Waals surface area contributed by atoms with Crippen molar-refractivity contribution < 1.29 is 4.79 Å². The molecule has 0 saturated heterocycles. The molecule has 0 aromatic heterocycles. The summed E-state index contributed by atoms with van der Waals surface area (Å²) in [6.07, 6.45) is 2.05. The van der Waals surface area contributed by atoms with Gasteiger partial charge in [-0.05, 0) is 65.4 Å². The molecule has 1 unspecified atom stereocenters. The van der Waals surface area contributed by atoms with Crippen molar-refractivity contribution in [2.45, 2.75) is 24.8 Å². The zero-order valence-electron chi connectivity index (χ0n) is 12.3. The van der Waals surface area contributed by atoms with Gasteiger partial charge in [-0.2, -0.15) is 0 Å². The van der Waals surface area contributed by atoms with E-state index < -0.39 is 0 Å². The van der Waals surface area contributed by atoms with Crippen molar-refractivity contribution in [2.24, 2.45) is 0 Å². The first-order chi connectivity index (χ1) is 10.0. The number of thioether (sulfide) groups is 1. The minimum atomic E-state index is -0.0629. The minimum absolute atomic E-state index is 0.0270. The van der Waals surface area contributed by atoms with Gasteiger partial charge in [0.2, 0.25) is 0 Å². The highest BCUT2D eigenvalue weighted by Gasteiger charge is 2.14. The Labute approximate surface area is 138 Å². The van der Waals surface area contributed by atoms with Gasteiger partial charge in [-0.15, -0.1) is 11.8 Å². The molecule has 0 spiro atoms. The third kappa shape index (κ3) is 3.89. The van der Waals surface area contributed by atoms with Gasteiger partial charge in [-0.1, -0.05) is 24.3 Å². The molecular weight excluding hydrogens is 346 g/mol. The molecule has 0 bridgehead atoms. The summed E-state index contributed by atoms with van der Waals surface area (Å²) in [6, 6.07) is 13.9. The third-order valence-corrected chi connectivity index (χ3v) is 5.20. The van der Waals surface area contributed by atoms with Gasteiger partial charge in [0.1, 0.15) is 0 Å². The van der Waals surface area contributed by atoms with Gasteiger partial charge < -0.3 is 5.32 Å². The summed E-state index contributed by atoms with van der Waals surface area (Å²) in [6.45, 7) is 3.97. The maximum absolute atomic E-state index is 12.4. The molecule has 0 saturated carbocycles. The molecule has 2 rings (SSSR count). The average molecular weight is 364 g/mol. The van der Waals surface area contributed by atoms with Crippen LogP contribution in [0.3, 0.4) is 0 Å². The van der Waals surface area contributed by atoms with Gasteiger partial charge in [0, 0.05) is 9.37 Å². The lowest BCUT2D eigenvalue weighted by Crippen LogP contribution is -2.27. The van der Waals surface area contributed by atoms with Crippen LogP contribution in [0.2, 0.25) is 0 Å². The Balaban J connectivity index is 2.12. The van der Waals surface area contributed by atoms with E-state index in [1.807, 2.05) is 32.0 Å². The van der Waals surface area contributed by atoms with E-state index in [2.05, 4.69) is 51.8 Å². The largest absolute Gasteiger partial charge is 0.345 e. The first-order valence-electron chi connectivity index (χ1n) is 6.73. The molecule has 110 valence electrons. The Morgan fingerprint density at radius 3 is 2.48 bits per heavy atom. The fourth-order valence-electron chi connectivity index (χ4n) is 2.07. The fourth-order valence-corrected chi connectivity index (χ4v) is 2.93. The van der Waals surface area contributed by atoms with Gasteiger partial charge in [0.25, 0.3) is 5.91 Å². The number of amides is 1. The smallest absolute Gasteiger partial charge is 0.252 e. The third-order valence-electron chi connectivity index (χ3n) is 3.40. The van der Waals surface area contributed by atoms with Gasteiger partial charge in [0.15, 0.2) is 0 Å². The van der Waals surface area contributed by atoms with Crippen LogP contribution in [0, 0.1) is 6.92 Å². The summed E-state index contributed by atoms with van der Waals surface area (Å²) in [5.74, 6) is -0.0629. The van der Waals surface area contributed by atoms with Crippen molar-refractivity contribution in [3.8, 4) is 0 Å². The van der Waals surface area contributed by atoms with E-state index in [-0.39, 0.29) is 11.9 Å². The van der Waals surface area contributed by atoms with Crippen LogP contribution in [0.4, 0.5) is 0 Å². The molecule has 0 fully saturated rings. The van der Waals surface area contributed by atoms with Crippen LogP contribution >= 0.6 is 27.7 Å². The molecule has 0 radical (unpaired) electrons. The standard InChI is InChI=1S/C17H18BrNOS/c1-11-5-4-6-15(16(11)18)17(20)19-12(2)13-7-9-14(21-3)10-8-13/h4-10,12H,1-3H3,(H,19,20). The van der Waals surface area contributed by atoms with Crippen LogP contribution in [0.5, 0.6) is 0 Å². The molecule has 1 N–H and O–H groups in total. The second-order valence-corrected chi connectivity index (χ2v) is 6.58. The van der Waals surface area contributed by atoms with Crippen LogP contribution < -0.4 is 5.32 Å². The predicted octanol–water partition coefficient (Wildman–Crippen LogP) is 4.97. The lowest BCUT2D eigenvalue weighted by atomic mass is 10.1. The Bertz CT molecular complexity index is 640. The number of aryl methyl sites for hydroxylation is 1. The van der Waals surface area contributed by atoms with Crippen molar-refractivity contribution >= 4 is 33.6 Å². The molecule has 0 aliphatic carbocycles. The van der Waals surface area contributed by atoms with Crippen molar-refractivity contribution in [1.82, 2.24) is 5.32 Å². The summed E-state index contributed by atoms with van der Waals surface area (Å²) in [5, 5.41) is 3.04. The van der Waals surface area contributed by atoms with Gasteiger partial charge >= 0.3 is 0 Å². The van der Waals surface area contributed by atoms with E-state index in [4.69, 9.17) is 0 Å². The summed E-state index contributed by atoms with van der Waals surface area (Å²) < 4.78 is 0.854. The highest BCUT2D eigenvalue weighted by Crippen LogP contribution is 2.23. The topological polar surface area (TPSA) is 29.1 Å². The monoisotopic (exact) mass is 363 g/mol. The molecule has 1 amide bonds. The van der Waals surface area contributed by atoms with Crippen LogP contribution in [0.25, 0.3) is 0 Å². The van der Waals surface area contributed by atoms with Crippen molar-refractivity contribution in [1.29, 1.82) is 0 Å². The first-order valence-corrected chi connectivity index (χ1v) is 8.74. The summed E-state index contributed by atoms with van der Waals surface area (Å²) >= 11 is 5.19. The van der Waals surface area contributed by atoms with E-state index in [1.165, 1.54) is 4.90 Å². The molecule has 0 aliphatic heterocycles. The van der Waals surface area contributed by atoms with Crippen LogP contribution in [0.1, 0.15) is 34.5 Å². The molecular formula is C17H18BrNOS. The predicted molar refractivity (Wildman–Crippen MR) is 93.0 cm³/mol. The van der Waals surface area contributed by atoms with E-state index in [0.717, 1.165) is 15.6 Å². The molecule has 2 aromatic rings. The SMILES string of the molecule is CSc1ccc(C(C)NC(=O)c2cccc(C)c2Br)cc1. The minimum Gasteiger partial charge on any atom is -0.345 e. The van der Waals surface area contributed by atoms with E-state index in [0.29, 0.717) is 5.56 Å². The van der Waals surface area contributed by atoms with E-state index >= 15 is 0 Å². The second kappa shape index (κ2) is 7.14. The van der Waals surface area contributed by atoms with E-state index in [1.54, 1.807) is 11.8 Å². The number of hydrogen-bond donors (Lipinski definition) is 1. The van der Waals surface area contributed by atoms with Gasteiger partial charge in [-0.25, -0.2) is 0 Å². The Morgan fingerprint density at radius 2 is 1.86 bits per heavy atom. The number of carbonyl (C=O) groups excluding carboxylic acids is 1. The number of rotatable bonds is 4. The first kappa shape index (κ1) is 16.1. The zero-order chi connectivity index (χ0) is 15.4. The zero-order valence-corrected chi connectivity index (χ0v) is 14.7. The molecule has 2 aromatic carbocycles. The Hall–Kier alpha value is -1.26. The quantitative estimate of drug-likeness (QED) is 0.776. The molecule has 2 nitrogen and oxygen atoms in total. The van der Waals surface area contributed by atoms with Crippen LogP contribution in [0.15, 0.2) is 51.8 Å². The van der Waals surface area contributed by atoms with Gasteiger partial charge in [0.05, 0.1) is 11.6 Å². The van der Waals surface area contributed by atoms with Crippen LogP contribution in [-0.4, -0.2) is 12.2 Å². The lowest BCUT2D eigenvalue weighted by molar-refractivity contribution is 0.0939.